The molecule has 2 aliphatic rings. The second-order valence-electron chi connectivity index (χ2n) is 13.2. The Kier molecular flexibility index (Phi) is 9.65. The third kappa shape index (κ3) is 7.89. The molecule has 0 saturated carbocycles. The van der Waals surface area contributed by atoms with Crippen molar-refractivity contribution in [2.75, 3.05) is 36.8 Å². The number of hydrogen-bond acceptors (Lipinski definition) is 7. The van der Waals surface area contributed by atoms with Gasteiger partial charge in [-0.2, -0.15) is 0 Å². The number of amides is 3. The van der Waals surface area contributed by atoms with Gasteiger partial charge >= 0.3 is 6.09 Å². The fourth-order valence-electron chi connectivity index (χ4n) is 5.68. The number of likely N-dealkylation sites (tertiary alicyclic amines) is 1. The van der Waals surface area contributed by atoms with Crippen LogP contribution in [-0.4, -0.2) is 80.9 Å². The zero-order valence-electron chi connectivity index (χ0n) is 26.4. The van der Waals surface area contributed by atoms with Crippen molar-refractivity contribution in [3.8, 4) is 0 Å². The summed E-state index contributed by atoms with van der Waals surface area (Å²) in [7, 11) is -3.46. The number of anilines is 1. The average Bonchev–Trinajstić information content (AvgIpc) is 3.26. The van der Waals surface area contributed by atoms with Gasteiger partial charge in [0.15, 0.2) is 0 Å². The number of ether oxygens (including phenoxy) is 2. The monoisotopic (exact) mass is 631 g/mol. The summed E-state index contributed by atoms with van der Waals surface area (Å²) in [6.07, 6.45) is 1.60. The molecule has 0 unspecified atom stereocenters. The van der Waals surface area contributed by atoms with Gasteiger partial charge in [0, 0.05) is 25.0 Å². The average molecular weight is 632 g/mol. The molecule has 12 heteroatoms. The first kappa shape index (κ1) is 33.3. The maximum absolute atomic E-state index is 13.9. The number of alkyl carbamates (subject to hydrolysis) is 1. The molecule has 1 spiro atoms. The van der Waals surface area contributed by atoms with Crippen LogP contribution in [-0.2, 0) is 41.1 Å². The highest BCUT2D eigenvalue weighted by molar-refractivity contribution is 7.92. The minimum atomic E-state index is -3.46. The summed E-state index contributed by atoms with van der Waals surface area (Å²) in [4.78, 5) is 41.4. The molecule has 240 valence electrons. The van der Waals surface area contributed by atoms with Crippen molar-refractivity contribution < 1.29 is 32.3 Å². The van der Waals surface area contributed by atoms with Gasteiger partial charge in [-0.25, -0.2) is 13.2 Å². The molecule has 3 amide bonds. The van der Waals surface area contributed by atoms with Gasteiger partial charge in [-0.05, 0) is 64.7 Å². The van der Waals surface area contributed by atoms with Crippen molar-refractivity contribution in [2.45, 2.75) is 76.7 Å². The number of rotatable bonds is 9. The Balaban J connectivity index is 1.47. The van der Waals surface area contributed by atoms with Crippen LogP contribution in [0.15, 0.2) is 54.6 Å². The summed E-state index contributed by atoms with van der Waals surface area (Å²) >= 11 is 0. The second-order valence-corrected chi connectivity index (χ2v) is 15.1. The van der Waals surface area contributed by atoms with E-state index in [1.807, 2.05) is 54.6 Å². The summed E-state index contributed by atoms with van der Waals surface area (Å²) in [5.41, 5.74) is 0.0574. The van der Waals surface area contributed by atoms with Crippen LogP contribution < -0.4 is 14.9 Å². The van der Waals surface area contributed by atoms with E-state index < -0.39 is 44.6 Å². The third-order valence-electron chi connectivity index (χ3n) is 8.00. The quantitative estimate of drug-likeness (QED) is 0.434. The smallest absolute Gasteiger partial charge is 0.408 e. The standard InChI is InChI=1S/C32H44N4O7S/c1-30(2,3)43-29(39)34-31(4,5)28(38)33-25(21-42-20-23-12-8-7-9-13-23)27(37)35-18-16-32(17-19-35)22-36(44(6,40)41)26-15-11-10-14-24(26)32/h7-15,25H,16-22H2,1-6H3,(H,33,38)(H,34,39)/t25-/m1/s1/i44+3. The van der Waals surface area contributed by atoms with Gasteiger partial charge in [0.05, 0.1) is 25.2 Å². The number of nitrogens with one attached hydrogen (secondary N) is 2. The van der Waals surface area contributed by atoms with Gasteiger partial charge in [-0.1, -0.05) is 48.5 Å². The van der Waals surface area contributed by atoms with E-state index in [9.17, 15) is 22.8 Å². The molecule has 2 aromatic carbocycles. The molecule has 11 nitrogen and oxygen atoms in total. The highest BCUT2D eigenvalue weighted by atomic mass is 35.1. The lowest BCUT2D eigenvalue weighted by Gasteiger charge is -2.41. The van der Waals surface area contributed by atoms with Crippen molar-refractivity contribution in [3.63, 3.8) is 0 Å². The molecule has 1 saturated heterocycles. The number of hydrogen-bond donors (Lipinski definition) is 2. The van der Waals surface area contributed by atoms with Gasteiger partial charge in [-0.3, -0.25) is 13.9 Å². The number of piperidine rings is 1. The van der Waals surface area contributed by atoms with Crippen LogP contribution >= 0.6 is 0 Å². The Labute approximate surface area is 260 Å². The normalized spacial score (nSPS) is 17.1. The second kappa shape index (κ2) is 12.8. The zero-order chi connectivity index (χ0) is 32.3. The van der Waals surface area contributed by atoms with E-state index in [1.54, 1.807) is 25.7 Å². The Morgan fingerprint density at radius 1 is 0.955 bits per heavy atom. The first-order valence-electron chi connectivity index (χ1n) is 14.8. The van der Waals surface area contributed by atoms with E-state index >= 15 is 0 Å². The van der Waals surface area contributed by atoms with Crippen LogP contribution in [0.1, 0.15) is 58.6 Å². The Bertz CT molecular complexity index is 1460. The van der Waals surface area contributed by atoms with Crippen molar-refractivity contribution in [1.29, 1.82) is 0 Å². The van der Waals surface area contributed by atoms with Crippen LogP contribution in [0.3, 0.4) is 0 Å². The number of sulfonamides is 1. The van der Waals surface area contributed by atoms with Crippen LogP contribution in [0.5, 0.6) is 0 Å². The Hall–Kier alpha value is -3.64. The molecular formula is C32H44N4O7S. The lowest BCUT2D eigenvalue weighted by Crippen LogP contribution is -2.61. The Morgan fingerprint density at radius 2 is 1.57 bits per heavy atom. The van der Waals surface area contributed by atoms with Crippen LogP contribution in [0.2, 0.25) is 0 Å². The van der Waals surface area contributed by atoms with Gasteiger partial charge in [-0.15, -0.1) is 0 Å². The maximum atomic E-state index is 13.9. The van der Waals surface area contributed by atoms with E-state index in [-0.39, 0.29) is 19.1 Å². The van der Waals surface area contributed by atoms with E-state index in [0.29, 0.717) is 38.2 Å². The molecule has 44 heavy (non-hydrogen) atoms. The Morgan fingerprint density at radius 3 is 2.18 bits per heavy atom. The van der Waals surface area contributed by atoms with E-state index in [1.165, 1.54) is 24.4 Å². The molecule has 2 aliphatic heterocycles. The molecule has 0 aliphatic carbocycles. The fourth-order valence-corrected chi connectivity index (χ4v) is 6.68. The fraction of sp³-hybridized carbons (Fsp3) is 0.531. The molecule has 2 aromatic rings. The van der Waals surface area contributed by atoms with Gasteiger partial charge in [0.25, 0.3) is 0 Å². The van der Waals surface area contributed by atoms with Crippen LogP contribution in [0.25, 0.3) is 0 Å². The SMILES string of the molecule is CC(C)(C)OC(=O)NC(C)(C)C(=O)N[C@H](COCc1ccccc1)C(=O)N1CCC2(CC1)CN([35S](C)(=O)=O)c1ccccc12. The van der Waals surface area contributed by atoms with Gasteiger partial charge in [0.1, 0.15) is 17.2 Å². The number of carbonyl (C=O) groups is 3. The largest absolute Gasteiger partial charge is 0.444 e. The zero-order valence-corrected chi connectivity index (χ0v) is 27.2. The molecule has 0 bridgehead atoms. The first-order valence-corrected chi connectivity index (χ1v) is 16.7. The summed E-state index contributed by atoms with van der Waals surface area (Å²) in [5, 5.41) is 5.38. The first-order chi connectivity index (χ1) is 20.5. The van der Waals surface area contributed by atoms with Crippen LogP contribution in [0.4, 0.5) is 10.5 Å². The highest BCUT2D eigenvalue weighted by Gasteiger charge is 2.48. The van der Waals surface area contributed by atoms with E-state index in [0.717, 1.165) is 11.1 Å². The maximum Gasteiger partial charge on any atom is 0.408 e. The molecule has 2 N–H and O–H groups in total. The molecule has 1 fully saturated rings. The van der Waals surface area contributed by atoms with Crippen molar-refractivity contribution in [1.82, 2.24) is 15.5 Å². The minimum Gasteiger partial charge on any atom is -0.444 e. The molecule has 2 heterocycles. The molecule has 0 aromatic heterocycles. The number of benzene rings is 2. The number of nitrogens with zero attached hydrogens (tertiary/aromatic N) is 2. The lowest BCUT2D eigenvalue weighted by molar-refractivity contribution is -0.141. The summed E-state index contributed by atoms with van der Waals surface area (Å²) in [5.74, 6) is -0.868. The molecule has 0 radical (unpaired) electrons. The predicted octanol–water partition coefficient (Wildman–Crippen LogP) is 3.33. The van der Waals surface area contributed by atoms with Gasteiger partial charge < -0.3 is 25.0 Å². The van der Waals surface area contributed by atoms with E-state index in [4.69, 9.17) is 9.47 Å². The summed E-state index contributed by atoms with van der Waals surface area (Å²) in [6.45, 7) is 9.53. The lowest BCUT2D eigenvalue weighted by atomic mass is 9.74. The minimum absolute atomic E-state index is 0.0751. The van der Waals surface area contributed by atoms with Gasteiger partial charge in [0.2, 0.25) is 21.8 Å². The summed E-state index contributed by atoms with van der Waals surface area (Å²) in [6, 6.07) is 16.0. The third-order valence-corrected chi connectivity index (χ3v) is 9.13. The summed E-state index contributed by atoms with van der Waals surface area (Å²) < 4.78 is 37.8. The van der Waals surface area contributed by atoms with Crippen molar-refractivity contribution in [3.05, 3.63) is 65.7 Å². The predicted molar refractivity (Wildman–Crippen MR) is 168 cm³/mol. The van der Waals surface area contributed by atoms with Crippen molar-refractivity contribution >= 4 is 33.6 Å². The number of carbonyl (C=O) groups excluding carboxylic acids is 3. The molecule has 4 rings (SSSR count). The number of fused-ring (bicyclic) bond motifs is 2. The van der Waals surface area contributed by atoms with E-state index in [2.05, 4.69) is 10.6 Å². The van der Waals surface area contributed by atoms with Crippen molar-refractivity contribution in [2.24, 2.45) is 0 Å². The topological polar surface area (TPSA) is 134 Å². The molecule has 1 atom stereocenters. The number of para-hydroxylation sites is 1. The highest BCUT2D eigenvalue weighted by Crippen LogP contribution is 2.47. The molecular weight excluding hydrogens is 587 g/mol. The van der Waals surface area contributed by atoms with Crippen LogP contribution in [0, 0.1) is 0 Å².